The maximum atomic E-state index is 12.9. The molecular weight excluding hydrogens is 363 g/mol. The number of likely N-dealkylation sites (tertiary alicyclic amines) is 1. The second-order valence-electron chi connectivity index (χ2n) is 6.49. The largest absolute Gasteiger partial charge is 0.418 e. The number of halogens is 3. The normalized spacial score (nSPS) is 16.1. The first-order valence-corrected chi connectivity index (χ1v) is 8.78. The van der Waals surface area contributed by atoms with Crippen molar-refractivity contribution in [3.63, 3.8) is 0 Å². The summed E-state index contributed by atoms with van der Waals surface area (Å²) in [5, 5.41) is 4.55. The van der Waals surface area contributed by atoms with Gasteiger partial charge < -0.3 is 20.3 Å². The van der Waals surface area contributed by atoms with Crippen molar-refractivity contribution in [2.75, 3.05) is 45.2 Å². The molecule has 1 aliphatic rings. The summed E-state index contributed by atoms with van der Waals surface area (Å²) in [5.41, 5.74) is -1.42. The molecule has 2 rings (SSSR count). The zero-order valence-electron chi connectivity index (χ0n) is 15.1. The van der Waals surface area contributed by atoms with E-state index in [0.29, 0.717) is 13.2 Å². The van der Waals surface area contributed by atoms with Gasteiger partial charge in [0.15, 0.2) is 0 Å². The molecule has 1 aliphatic heterocycles. The molecule has 150 valence electrons. The van der Waals surface area contributed by atoms with Crippen LogP contribution >= 0.6 is 0 Å². The van der Waals surface area contributed by atoms with Crippen molar-refractivity contribution >= 4 is 17.5 Å². The maximum Gasteiger partial charge on any atom is 0.418 e. The number of piperidine rings is 1. The van der Waals surface area contributed by atoms with E-state index in [9.17, 15) is 22.8 Å². The lowest BCUT2D eigenvalue weighted by atomic mass is 9.97. The molecule has 1 aromatic rings. The summed E-state index contributed by atoms with van der Waals surface area (Å²) in [6, 6.07) is 4.55. The molecule has 0 aromatic heterocycles. The van der Waals surface area contributed by atoms with E-state index in [2.05, 4.69) is 10.2 Å². The number of benzene rings is 1. The van der Waals surface area contributed by atoms with E-state index in [4.69, 9.17) is 4.74 Å². The molecule has 0 unspecified atom stereocenters. The van der Waals surface area contributed by atoms with E-state index >= 15 is 0 Å². The molecule has 2 N–H and O–H groups in total. The SMILES string of the molecule is COCCN1CCC(CNC(=O)C(=O)Nc2ccccc2C(F)(F)F)CC1. The van der Waals surface area contributed by atoms with Crippen LogP contribution in [0.1, 0.15) is 18.4 Å². The van der Waals surface area contributed by atoms with Gasteiger partial charge in [-0.3, -0.25) is 9.59 Å². The van der Waals surface area contributed by atoms with Gasteiger partial charge in [-0.05, 0) is 44.0 Å². The minimum absolute atomic E-state index is 0.239. The molecule has 0 atom stereocenters. The summed E-state index contributed by atoms with van der Waals surface area (Å²) < 4.78 is 43.9. The predicted molar refractivity (Wildman–Crippen MR) is 94.1 cm³/mol. The lowest BCUT2D eigenvalue weighted by Gasteiger charge is -2.31. The number of hydrogen-bond donors (Lipinski definition) is 2. The lowest BCUT2D eigenvalue weighted by Crippen LogP contribution is -2.42. The number of nitrogens with zero attached hydrogens (tertiary/aromatic N) is 1. The number of carbonyl (C=O) groups is 2. The molecule has 0 radical (unpaired) electrons. The van der Waals surface area contributed by atoms with Crippen LogP contribution < -0.4 is 10.6 Å². The van der Waals surface area contributed by atoms with Gasteiger partial charge >= 0.3 is 18.0 Å². The fourth-order valence-electron chi connectivity index (χ4n) is 2.97. The second-order valence-corrected chi connectivity index (χ2v) is 6.49. The van der Waals surface area contributed by atoms with Crippen molar-refractivity contribution in [2.45, 2.75) is 19.0 Å². The van der Waals surface area contributed by atoms with E-state index in [-0.39, 0.29) is 5.92 Å². The van der Waals surface area contributed by atoms with Crippen molar-refractivity contribution < 1.29 is 27.5 Å². The number of ether oxygens (including phenoxy) is 1. The van der Waals surface area contributed by atoms with E-state index in [1.807, 2.05) is 5.32 Å². The molecule has 1 aromatic carbocycles. The van der Waals surface area contributed by atoms with Crippen molar-refractivity contribution in [2.24, 2.45) is 5.92 Å². The highest BCUT2D eigenvalue weighted by Gasteiger charge is 2.34. The average Bonchev–Trinajstić information content (AvgIpc) is 2.64. The number of methoxy groups -OCH3 is 1. The molecule has 1 heterocycles. The summed E-state index contributed by atoms with van der Waals surface area (Å²) in [5.74, 6) is -1.80. The van der Waals surface area contributed by atoms with E-state index in [1.54, 1.807) is 7.11 Å². The number of rotatable bonds is 6. The van der Waals surface area contributed by atoms with Gasteiger partial charge in [0.05, 0.1) is 17.9 Å². The van der Waals surface area contributed by atoms with Crippen molar-refractivity contribution in [1.82, 2.24) is 10.2 Å². The van der Waals surface area contributed by atoms with Gasteiger partial charge in [-0.2, -0.15) is 13.2 Å². The summed E-state index contributed by atoms with van der Waals surface area (Å²) in [7, 11) is 1.65. The first-order valence-electron chi connectivity index (χ1n) is 8.78. The molecule has 1 saturated heterocycles. The Morgan fingerprint density at radius 3 is 2.48 bits per heavy atom. The number of anilines is 1. The van der Waals surface area contributed by atoms with Crippen LogP contribution in [0.4, 0.5) is 18.9 Å². The predicted octanol–water partition coefficient (Wildman–Crippen LogP) is 2.12. The maximum absolute atomic E-state index is 12.9. The highest BCUT2D eigenvalue weighted by atomic mass is 19.4. The van der Waals surface area contributed by atoms with Crippen molar-refractivity contribution in [1.29, 1.82) is 0 Å². The monoisotopic (exact) mass is 387 g/mol. The fraction of sp³-hybridized carbons (Fsp3) is 0.556. The van der Waals surface area contributed by atoms with E-state index in [0.717, 1.165) is 44.6 Å². The van der Waals surface area contributed by atoms with Crippen molar-refractivity contribution in [3.8, 4) is 0 Å². The topological polar surface area (TPSA) is 70.7 Å². The quantitative estimate of drug-likeness (QED) is 0.734. The molecule has 0 aliphatic carbocycles. The molecule has 27 heavy (non-hydrogen) atoms. The van der Waals surface area contributed by atoms with Crippen LogP contribution in [0.25, 0.3) is 0 Å². The number of para-hydroxylation sites is 1. The van der Waals surface area contributed by atoms with Gasteiger partial charge in [0.25, 0.3) is 0 Å². The lowest BCUT2D eigenvalue weighted by molar-refractivity contribution is -0.138. The smallest absolute Gasteiger partial charge is 0.383 e. The van der Waals surface area contributed by atoms with Crippen LogP contribution in [-0.4, -0.2) is 56.6 Å². The van der Waals surface area contributed by atoms with Crippen LogP contribution in [-0.2, 0) is 20.5 Å². The highest BCUT2D eigenvalue weighted by Crippen LogP contribution is 2.34. The van der Waals surface area contributed by atoms with Crippen LogP contribution in [0.15, 0.2) is 24.3 Å². The molecule has 6 nitrogen and oxygen atoms in total. The highest BCUT2D eigenvalue weighted by molar-refractivity contribution is 6.39. The Morgan fingerprint density at radius 1 is 1.19 bits per heavy atom. The van der Waals surface area contributed by atoms with Gasteiger partial charge in [0.2, 0.25) is 0 Å². The third-order valence-corrected chi connectivity index (χ3v) is 4.56. The third kappa shape index (κ3) is 6.51. The number of nitrogens with one attached hydrogen (secondary N) is 2. The number of alkyl halides is 3. The standard InChI is InChI=1S/C18H24F3N3O3/c1-27-11-10-24-8-6-13(7-9-24)12-22-16(25)17(26)23-15-5-3-2-4-14(15)18(19,20)21/h2-5,13H,6-12H2,1H3,(H,22,25)(H,23,26). The summed E-state index contributed by atoms with van der Waals surface area (Å²) in [6.07, 6.45) is -2.86. The Balaban J connectivity index is 1.80. The van der Waals surface area contributed by atoms with Crippen LogP contribution in [0.5, 0.6) is 0 Å². The van der Waals surface area contributed by atoms with E-state index in [1.165, 1.54) is 12.1 Å². The van der Waals surface area contributed by atoms with Gasteiger partial charge in [-0.25, -0.2) is 0 Å². The molecule has 9 heteroatoms. The van der Waals surface area contributed by atoms with Gasteiger partial charge in [0, 0.05) is 20.2 Å². The summed E-state index contributed by atoms with van der Waals surface area (Å²) in [6.45, 7) is 3.62. The molecular formula is C18H24F3N3O3. The molecule has 0 spiro atoms. The number of hydrogen-bond acceptors (Lipinski definition) is 4. The number of amides is 2. The minimum Gasteiger partial charge on any atom is -0.383 e. The Bertz CT molecular complexity index is 644. The fourth-order valence-corrected chi connectivity index (χ4v) is 2.97. The number of carbonyl (C=O) groups excluding carboxylic acids is 2. The average molecular weight is 387 g/mol. The molecule has 2 amide bonds. The minimum atomic E-state index is -4.61. The van der Waals surface area contributed by atoms with Crippen LogP contribution in [0.3, 0.4) is 0 Å². The molecule has 0 bridgehead atoms. The zero-order chi connectivity index (χ0) is 19.9. The third-order valence-electron chi connectivity index (χ3n) is 4.56. The summed E-state index contributed by atoms with van der Waals surface area (Å²) >= 11 is 0. The Kier molecular flexibility index (Phi) is 7.61. The Morgan fingerprint density at radius 2 is 1.85 bits per heavy atom. The Hall–Kier alpha value is -2.13. The first-order chi connectivity index (χ1) is 12.8. The second kappa shape index (κ2) is 9.70. The molecule has 1 fully saturated rings. The van der Waals surface area contributed by atoms with Gasteiger partial charge in [-0.15, -0.1) is 0 Å². The van der Waals surface area contributed by atoms with Gasteiger partial charge in [-0.1, -0.05) is 12.1 Å². The van der Waals surface area contributed by atoms with Crippen LogP contribution in [0, 0.1) is 5.92 Å². The summed E-state index contributed by atoms with van der Waals surface area (Å²) in [4.78, 5) is 26.1. The van der Waals surface area contributed by atoms with Gasteiger partial charge in [0.1, 0.15) is 0 Å². The Labute approximate surface area is 156 Å². The zero-order valence-corrected chi connectivity index (χ0v) is 15.1. The molecule has 0 saturated carbocycles. The van der Waals surface area contributed by atoms with Crippen molar-refractivity contribution in [3.05, 3.63) is 29.8 Å². The van der Waals surface area contributed by atoms with Crippen LogP contribution in [0.2, 0.25) is 0 Å². The van der Waals surface area contributed by atoms with E-state index < -0.39 is 29.2 Å². The first kappa shape index (κ1) is 21.2.